The molecule has 0 radical (unpaired) electrons. The summed E-state index contributed by atoms with van der Waals surface area (Å²) in [6.45, 7) is 0.136. The van der Waals surface area contributed by atoms with E-state index in [2.05, 4.69) is 10.3 Å². The van der Waals surface area contributed by atoms with Crippen LogP contribution in [0.3, 0.4) is 0 Å². The van der Waals surface area contributed by atoms with Crippen LogP contribution in [0.2, 0.25) is 0 Å². The van der Waals surface area contributed by atoms with Crippen LogP contribution in [-0.4, -0.2) is 35.1 Å². The van der Waals surface area contributed by atoms with Crippen molar-refractivity contribution in [3.05, 3.63) is 73.1 Å². The summed E-state index contributed by atoms with van der Waals surface area (Å²) < 4.78 is 18.8. The van der Waals surface area contributed by atoms with Gasteiger partial charge in [0.2, 0.25) is 6.10 Å². The molecule has 4 aromatic rings. The fourth-order valence-electron chi connectivity index (χ4n) is 3.40. The number of para-hydroxylation sites is 2. The third-order valence-corrected chi connectivity index (χ3v) is 4.92. The van der Waals surface area contributed by atoms with Gasteiger partial charge in [-0.25, -0.2) is 4.98 Å². The first-order chi connectivity index (χ1) is 14.7. The molecule has 7 nitrogen and oxygen atoms in total. The number of aromatic nitrogens is 2. The van der Waals surface area contributed by atoms with E-state index in [4.69, 9.17) is 14.2 Å². The van der Waals surface area contributed by atoms with Gasteiger partial charge in [0, 0.05) is 18.0 Å². The van der Waals surface area contributed by atoms with Gasteiger partial charge < -0.3 is 23.9 Å². The Bertz CT molecular complexity index is 1200. The number of pyridine rings is 1. The van der Waals surface area contributed by atoms with E-state index in [0.29, 0.717) is 22.9 Å². The molecule has 1 aliphatic rings. The lowest BCUT2D eigenvalue weighted by Gasteiger charge is -2.25. The van der Waals surface area contributed by atoms with Crippen molar-refractivity contribution in [2.45, 2.75) is 6.10 Å². The van der Waals surface area contributed by atoms with Crippen molar-refractivity contribution in [1.82, 2.24) is 9.38 Å². The van der Waals surface area contributed by atoms with Gasteiger partial charge >= 0.3 is 0 Å². The average Bonchev–Trinajstić information content (AvgIpc) is 3.23. The van der Waals surface area contributed by atoms with Crippen molar-refractivity contribution in [3.8, 4) is 28.5 Å². The van der Waals surface area contributed by atoms with E-state index < -0.39 is 6.10 Å². The molecule has 150 valence electrons. The summed E-state index contributed by atoms with van der Waals surface area (Å²) in [4.78, 5) is 17.5. The van der Waals surface area contributed by atoms with Gasteiger partial charge in [-0.15, -0.1) is 0 Å². The number of rotatable bonds is 4. The highest BCUT2D eigenvalue weighted by atomic mass is 16.6. The minimum atomic E-state index is -0.761. The average molecular weight is 401 g/mol. The molecule has 0 saturated heterocycles. The number of nitrogens with zero attached hydrogens (tertiary/aromatic N) is 2. The molecule has 5 rings (SSSR count). The third-order valence-electron chi connectivity index (χ3n) is 4.92. The molecule has 1 unspecified atom stereocenters. The lowest BCUT2D eigenvalue weighted by Crippen LogP contribution is -2.40. The van der Waals surface area contributed by atoms with Gasteiger partial charge in [0.05, 0.1) is 18.5 Å². The molecule has 0 fully saturated rings. The summed E-state index contributed by atoms with van der Waals surface area (Å²) in [5, 5.41) is 2.90. The number of nitrogens with one attached hydrogen (secondary N) is 1. The Labute approximate surface area is 172 Å². The van der Waals surface area contributed by atoms with Crippen molar-refractivity contribution in [1.29, 1.82) is 0 Å². The SMILES string of the molecule is COc1ccc(-c2cn3ccccc3n2)cc1NC(=O)C1COc2ccccc2O1. The fraction of sp³-hybridized carbons (Fsp3) is 0.130. The van der Waals surface area contributed by atoms with E-state index in [1.54, 1.807) is 13.2 Å². The first kappa shape index (κ1) is 18.1. The highest BCUT2D eigenvalue weighted by molar-refractivity contribution is 5.96. The highest BCUT2D eigenvalue weighted by Gasteiger charge is 2.28. The molecule has 30 heavy (non-hydrogen) atoms. The normalized spacial score (nSPS) is 15.0. The smallest absolute Gasteiger partial charge is 0.269 e. The van der Waals surface area contributed by atoms with Crippen molar-refractivity contribution in [2.24, 2.45) is 0 Å². The van der Waals surface area contributed by atoms with Crippen LogP contribution in [0.1, 0.15) is 0 Å². The van der Waals surface area contributed by atoms with Crippen molar-refractivity contribution >= 4 is 17.2 Å². The maximum atomic E-state index is 12.8. The number of carbonyl (C=O) groups is 1. The van der Waals surface area contributed by atoms with Crippen LogP contribution in [-0.2, 0) is 4.79 Å². The molecule has 0 aliphatic carbocycles. The van der Waals surface area contributed by atoms with E-state index in [1.165, 1.54) is 0 Å². The molecule has 7 heteroatoms. The second-order valence-electron chi connectivity index (χ2n) is 6.86. The van der Waals surface area contributed by atoms with E-state index >= 15 is 0 Å². The number of hydrogen-bond acceptors (Lipinski definition) is 5. The summed E-state index contributed by atoms with van der Waals surface area (Å²) in [6.07, 6.45) is 3.12. The van der Waals surface area contributed by atoms with Crippen LogP contribution in [0.25, 0.3) is 16.9 Å². The summed E-state index contributed by atoms with van der Waals surface area (Å²) in [5.74, 6) is 1.42. The van der Waals surface area contributed by atoms with E-state index in [9.17, 15) is 4.79 Å². The van der Waals surface area contributed by atoms with Crippen LogP contribution in [0.15, 0.2) is 73.1 Å². The van der Waals surface area contributed by atoms with Crippen LogP contribution in [0.5, 0.6) is 17.2 Å². The predicted molar refractivity (Wildman–Crippen MR) is 112 cm³/mol. The lowest BCUT2D eigenvalue weighted by molar-refractivity contribution is -0.125. The minimum absolute atomic E-state index is 0.136. The van der Waals surface area contributed by atoms with Gasteiger partial charge in [-0.1, -0.05) is 18.2 Å². The Hall–Kier alpha value is -4.00. The van der Waals surface area contributed by atoms with Gasteiger partial charge in [-0.05, 0) is 42.5 Å². The zero-order chi connectivity index (χ0) is 20.5. The van der Waals surface area contributed by atoms with Gasteiger partial charge in [-0.3, -0.25) is 4.79 Å². The number of imidazole rings is 1. The lowest BCUT2D eigenvalue weighted by atomic mass is 10.1. The van der Waals surface area contributed by atoms with Crippen LogP contribution < -0.4 is 19.5 Å². The number of amides is 1. The Morgan fingerprint density at radius 1 is 1.13 bits per heavy atom. The molecule has 1 atom stereocenters. The van der Waals surface area contributed by atoms with Gasteiger partial charge in [0.25, 0.3) is 5.91 Å². The van der Waals surface area contributed by atoms with Crippen LogP contribution in [0, 0.1) is 0 Å². The number of ether oxygens (including phenoxy) is 3. The molecule has 0 spiro atoms. The number of benzene rings is 2. The van der Waals surface area contributed by atoms with E-state index in [1.807, 2.05) is 71.4 Å². The second kappa shape index (κ2) is 7.44. The van der Waals surface area contributed by atoms with Gasteiger partial charge in [0.15, 0.2) is 11.5 Å². The number of methoxy groups -OCH3 is 1. The first-order valence-corrected chi connectivity index (χ1v) is 9.53. The first-order valence-electron chi connectivity index (χ1n) is 9.53. The van der Waals surface area contributed by atoms with Gasteiger partial charge in [-0.2, -0.15) is 0 Å². The highest BCUT2D eigenvalue weighted by Crippen LogP contribution is 2.33. The fourth-order valence-corrected chi connectivity index (χ4v) is 3.40. The number of hydrogen-bond donors (Lipinski definition) is 1. The summed E-state index contributed by atoms with van der Waals surface area (Å²) in [5.41, 5.74) is 3.05. The molecule has 1 N–H and O–H groups in total. The third kappa shape index (κ3) is 3.30. The van der Waals surface area contributed by atoms with Crippen molar-refractivity contribution < 1.29 is 19.0 Å². The minimum Gasteiger partial charge on any atom is -0.495 e. The van der Waals surface area contributed by atoms with Crippen molar-refractivity contribution in [2.75, 3.05) is 19.0 Å². The maximum absolute atomic E-state index is 12.8. The molecule has 2 aromatic heterocycles. The van der Waals surface area contributed by atoms with E-state index in [-0.39, 0.29) is 12.5 Å². The molecule has 1 aliphatic heterocycles. The molecule has 0 bridgehead atoms. The predicted octanol–water partition coefficient (Wildman–Crippen LogP) is 3.79. The Kier molecular flexibility index (Phi) is 4.48. The maximum Gasteiger partial charge on any atom is 0.269 e. The Balaban J connectivity index is 1.41. The second-order valence-corrected chi connectivity index (χ2v) is 6.86. The van der Waals surface area contributed by atoms with Crippen LogP contribution >= 0.6 is 0 Å². The monoisotopic (exact) mass is 401 g/mol. The largest absolute Gasteiger partial charge is 0.495 e. The zero-order valence-corrected chi connectivity index (χ0v) is 16.2. The Morgan fingerprint density at radius 2 is 1.97 bits per heavy atom. The van der Waals surface area contributed by atoms with Crippen LogP contribution in [0.4, 0.5) is 5.69 Å². The van der Waals surface area contributed by atoms with Crippen molar-refractivity contribution in [3.63, 3.8) is 0 Å². The number of carbonyl (C=O) groups excluding carboxylic acids is 1. The molecule has 2 aromatic carbocycles. The number of anilines is 1. The zero-order valence-electron chi connectivity index (χ0n) is 16.2. The molecule has 3 heterocycles. The standard InChI is InChI=1S/C23H19N3O4/c1-28-18-10-9-15(17-13-26-11-5-4-8-22(26)24-17)12-16(18)25-23(27)21-14-29-19-6-2-3-7-20(19)30-21/h2-13,21H,14H2,1H3,(H,25,27). The topological polar surface area (TPSA) is 74.1 Å². The van der Waals surface area contributed by atoms with E-state index in [0.717, 1.165) is 16.9 Å². The molecular weight excluding hydrogens is 382 g/mol. The summed E-state index contributed by atoms with van der Waals surface area (Å²) in [7, 11) is 1.56. The van der Waals surface area contributed by atoms with Gasteiger partial charge in [0.1, 0.15) is 18.0 Å². The Morgan fingerprint density at radius 3 is 2.80 bits per heavy atom. The number of fused-ring (bicyclic) bond motifs is 2. The summed E-state index contributed by atoms with van der Waals surface area (Å²) >= 11 is 0. The molecule has 0 saturated carbocycles. The quantitative estimate of drug-likeness (QED) is 0.563. The summed E-state index contributed by atoms with van der Waals surface area (Å²) in [6, 6.07) is 18.7. The molecular formula is C23H19N3O4. The molecule has 1 amide bonds.